The van der Waals surface area contributed by atoms with Gasteiger partial charge in [0.05, 0.1) is 11.9 Å². The molecule has 2 fully saturated rings. The molecule has 33 heavy (non-hydrogen) atoms. The number of aromatic nitrogens is 3. The number of carboxylic acids is 1. The van der Waals surface area contributed by atoms with Gasteiger partial charge in [0.1, 0.15) is 12.1 Å². The van der Waals surface area contributed by atoms with Crippen LogP contribution in [0.15, 0.2) is 24.4 Å². The molecule has 1 aromatic carbocycles. The molecule has 1 unspecified atom stereocenters. The van der Waals surface area contributed by atoms with Crippen molar-refractivity contribution in [2.45, 2.75) is 44.3 Å². The molecule has 0 bridgehead atoms. The van der Waals surface area contributed by atoms with E-state index in [2.05, 4.69) is 15.6 Å². The fraction of sp³-hybridized carbons (Fsp3) is 0.381. The van der Waals surface area contributed by atoms with Crippen LogP contribution < -0.4 is 5.32 Å². The number of benzene rings is 1. The molecule has 0 spiro atoms. The van der Waals surface area contributed by atoms with Gasteiger partial charge in [-0.3, -0.25) is 24.5 Å². The number of nitrogens with zero attached hydrogens (tertiary/aromatic N) is 5. The molecule has 2 saturated heterocycles. The summed E-state index contributed by atoms with van der Waals surface area (Å²) in [4.78, 5) is 63.3. The molecule has 2 N–H and O–H groups in total. The quantitative estimate of drug-likeness (QED) is 0.600. The first kappa shape index (κ1) is 20.8. The van der Waals surface area contributed by atoms with E-state index in [1.165, 1.54) is 20.7 Å². The fourth-order valence-corrected chi connectivity index (χ4v) is 4.61. The number of nitrogens with one attached hydrogen (secondary N) is 1. The van der Waals surface area contributed by atoms with E-state index < -0.39 is 29.9 Å². The molecule has 3 aliphatic heterocycles. The minimum Gasteiger partial charge on any atom is -0.480 e. The molecule has 5 rings (SSSR count). The summed E-state index contributed by atoms with van der Waals surface area (Å²) < 4.78 is 1.39. The second-order valence-corrected chi connectivity index (χ2v) is 8.28. The standard InChI is InChI=1S/C21H20N6O6/c28-17-6-5-15(18(29)22-17)26-9-11-8-12(3-4-13(11)19(26)30)27-10-14(23-24-27)20(31)25-7-1-2-16(25)21(32)33/h3-4,8,10,15-16H,1-2,5-7,9H2,(H,32,33)(H,22,28,29)/t15?,16-/m0/s1. The summed E-state index contributed by atoms with van der Waals surface area (Å²) in [6.07, 6.45) is 2.89. The van der Waals surface area contributed by atoms with Gasteiger partial charge in [0.25, 0.3) is 11.8 Å². The Morgan fingerprint density at radius 2 is 1.97 bits per heavy atom. The first-order valence-electron chi connectivity index (χ1n) is 10.6. The molecule has 0 radical (unpaired) electrons. The van der Waals surface area contributed by atoms with E-state index in [0.717, 1.165) is 0 Å². The number of imide groups is 1. The van der Waals surface area contributed by atoms with Gasteiger partial charge in [0.15, 0.2) is 5.69 Å². The van der Waals surface area contributed by atoms with E-state index in [-0.39, 0.29) is 36.9 Å². The Labute approximate surface area is 187 Å². The number of aliphatic carboxylic acids is 1. The van der Waals surface area contributed by atoms with Crippen LogP contribution in [-0.4, -0.2) is 78.1 Å². The number of likely N-dealkylation sites (tertiary alicyclic amines) is 1. The first-order chi connectivity index (χ1) is 15.8. The van der Waals surface area contributed by atoms with Gasteiger partial charge >= 0.3 is 5.97 Å². The third kappa shape index (κ3) is 3.52. The number of carbonyl (C=O) groups is 5. The Morgan fingerprint density at radius 1 is 1.15 bits per heavy atom. The van der Waals surface area contributed by atoms with Gasteiger partial charge in [-0.15, -0.1) is 5.10 Å². The van der Waals surface area contributed by atoms with E-state index in [1.54, 1.807) is 18.2 Å². The third-order valence-corrected chi connectivity index (χ3v) is 6.28. The molecule has 4 heterocycles. The molecule has 0 saturated carbocycles. The van der Waals surface area contributed by atoms with Crippen LogP contribution in [-0.2, 0) is 20.9 Å². The SMILES string of the molecule is O=C1CCC(N2Cc3cc(-n4cc(C(=O)N5CCC[C@H]5C(=O)O)nn4)ccc3C2=O)C(=O)N1. The molecule has 2 atom stereocenters. The fourth-order valence-electron chi connectivity index (χ4n) is 4.61. The van der Waals surface area contributed by atoms with E-state index in [9.17, 15) is 29.1 Å². The Bertz CT molecular complexity index is 1210. The predicted molar refractivity (Wildman–Crippen MR) is 109 cm³/mol. The van der Waals surface area contributed by atoms with Crippen LogP contribution in [0.3, 0.4) is 0 Å². The number of fused-ring (bicyclic) bond motifs is 1. The summed E-state index contributed by atoms with van der Waals surface area (Å²) in [5, 5.41) is 19.5. The maximum atomic E-state index is 12.8. The zero-order chi connectivity index (χ0) is 23.3. The van der Waals surface area contributed by atoms with Gasteiger partial charge < -0.3 is 14.9 Å². The smallest absolute Gasteiger partial charge is 0.326 e. The summed E-state index contributed by atoms with van der Waals surface area (Å²) in [7, 11) is 0. The second-order valence-electron chi connectivity index (χ2n) is 8.28. The molecule has 0 aliphatic carbocycles. The molecular formula is C21H20N6O6. The van der Waals surface area contributed by atoms with Crippen molar-refractivity contribution in [3.05, 3.63) is 41.2 Å². The van der Waals surface area contributed by atoms with Gasteiger partial charge in [-0.25, -0.2) is 9.48 Å². The number of hydrogen-bond acceptors (Lipinski definition) is 7. The van der Waals surface area contributed by atoms with Crippen molar-refractivity contribution in [1.29, 1.82) is 0 Å². The molecule has 2 aromatic rings. The number of rotatable bonds is 4. The van der Waals surface area contributed by atoms with Crippen molar-refractivity contribution in [1.82, 2.24) is 30.1 Å². The summed E-state index contributed by atoms with van der Waals surface area (Å²) in [5.74, 6) is -2.64. The van der Waals surface area contributed by atoms with Crippen LogP contribution in [0.4, 0.5) is 0 Å². The van der Waals surface area contributed by atoms with Crippen LogP contribution in [0.2, 0.25) is 0 Å². The number of piperidine rings is 1. The molecule has 1 aromatic heterocycles. The molecule has 3 aliphatic rings. The maximum Gasteiger partial charge on any atom is 0.326 e. The van der Waals surface area contributed by atoms with Crippen molar-refractivity contribution in [3.63, 3.8) is 0 Å². The van der Waals surface area contributed by atoms with E-state index in [1.807, 2.05) is 0 Å². The van der Waals surface area contributed by atoms with Crippen LogP contribution in [0.5, 0.6) is 0 Å². The normalized spacial score (nSPS) is 22.5. The van der Waals surface area contributed by atoms with Crippen molar-refractivity contribution in [2.24, 2.45) is 0 Å². The van der Waals surface area contributed by atoms with Crippen LogP contribution in [0.25, 0.3) is 5.69 Å². The zero-order valence-corrected chi connectivity index (χ0v) is 17.4. The Kier molecular flexibility index (Phi) is 4.91. The Morgan fingerprint density at radius 3 is 2.73 bits per heavy atom. The average molecular weight is 452 g/mol. The molecule has 12 nitrogen and oxygen atoms in total. The molecule has 4 amide bonds. The lowest BCUT2D eigenvalue weighted by Gasteiger charge is -2.29. The minimum atomic E-state index is -1.04. The highest BCUT2D eigenvalue weighted by molar-refractivity contribution is 6.05. The second kappa shape index (κ2) is 7.80. The number of carbonyl (C=O) groups excluding carboxylic acids is 4. The van der Waals surface area contributed by atoms with E-state index in [0.29, 0.717) is 36.2 Å². The van der Waals surface area contributed by atoms with E-state index in [4.69, 9.17) is 0 Å². The molecular weight excluding hydrogens is 432 g/mol. The highest BCUT2D eigenvalue weighted by Crippen LogP contribution is 2.29. The number of hydrogen-bond donors (Lipinski definition) is 2. The van der Waals surface area contributed by atoms with Gasteiger partial charge in [0.2, 0.25) is 11.8 Å². The summed E-state index contributed by atoms with van der Waals surface area (Å²) >= 11 is 0. The van der Waals surface area contributed by atoms with Crippen LogP contribution in [0, 0.1) is 0 Å². The summed E-state index contributed by atoms with van der Waals surface area (Å²) in [6, 6.07) is 3.45. The lowest BCUT2D eigenvalue weighted by Crippen LogP contribution is -2.52. The predicted octanol–water partition coefficient (Wildman–Crippen LogP) is -0.282. The Hall–Kier alpha value is -4.09. The first-order valence-corrected chi connectivity index (χ1v) is 10.6. The van der Waals surface area contributed by atoms with Gasteiger partial charge in [-0.1, -0.05) is 5.21 Å². The summed E-state index contributed by atoms with van der Waals surface area (Å²) in [6.45, 7) is 0.558. The van der Waals surface area contributed by atoms with Gasteiger partial charge in [-0.05, 0) is 43.0 Å². The highest BCUT2D eigenvalue weighted by atomic mass is 16.4. The number of carboxylic acid groups (broad SMARTS) is 1. The maximum absolute atomic E-state index is 12.8. The summed E-state index contributed by atoms with van der Waals surface area (Å²) in [5.41, 5.74) is 1.75. The number of amides is 4. The van der Waals surface area contributed by atoms with Crippen LogP contribution >= 0.6 is 0 Å². The lowest BCUT2D eigenvalue weighted by atomic mass is 10.0. The van der Waals surface area contributed by atoms with Gasteiger partial charge in [-0.2, -0.15) is 0 Å². The van der Waals surface area contributed by atoms with Crippen molar-refractivity contribution in [3.8, 4) is 5.69 Å². The van der Waals surface area contributed by atoms with Crippen molar-refractivity contribution >= 4 is 29.6 Å². The highest BCUT2D eigenvalue weighted by Gasteiger charge is 2.39. The monoisotopic (exact) mass is 452 g/mol. The average Bonchev–Trinajstić information content (AvgIpc) is 3.52. The van der Waals surface area contributed by atoms with Crippen molar-refractivity contribution in [2.75, 3.05) is 6.54 Å². The largest absolute Gasteiger partial charge is 0.480 e. The van der Waals surface area contributed by atoms with Crippen LogP contribution in [0.1, 0.15) is 52.1 Å². The molecule has 12 heteroatoms. The Balaban J connectivity index is 1.35. The minimum absolute atomic E-state index is 0.0323. The van der Waals surface area contributed by atoms with E-state index >= 15 is 0 Å². The third-order valence-electron chi connectivity index (χ3n) is 6.28. The van der Waals surface area contributed by atoms with Gasteiger partial charge in [0, 0.05) is 25.1 Å². The topological polar surface area (TPSA) is 155 Å². The van der Waals surface area contributed by atoms with Crippen molar-refractivity contribution < 1.29 is 29.1 Å². The lowest BCUT2D eigenvalue weighted by molar-refractivity contribution is -0.141. The molecule has 170 valence electrons. The zero-order valence-electron chi connectivity index (χ0n) is 17.4.